The molecule has 5 heteroatoms. The lowest BCUT2D eigenvalue weighted by Crippen LogP contribution is -2.60. The predicted octanol–water partition coefficient (Wildman–Crippen LogP) is 1.56. The van der Waals surface area contributed by atoms with Crippen LogP contribution in [0.4, 0.5) is 0 Å². The van der Waals surface area contributed by atoms with Gasteiger partial charge in [-0.15, -0.1) is 0 Å². The summed E-state index contributed by atoms with van der Waals surface area (Å²) in [5.41, 5.74) is -2.74. The highest BCUT2D eigenvalue weighted by Gasteiger charge is 2.47. The van der Waals surface area contributed by atoms with Gasteiger partial charge >= 0.3 is 5.97 Å². The van der Waals surface area contributed by atoms with Crippen LogP contribution in [0.3, 0.4) is 0 Å². The molecule has 0 bridgehead atoms. The van der Waals surface area contributed by atoms with E-state index in [1.165, 1.54) is 0 Å². The molecule has 0 saturated carbocycles. The second kappa shape index (κ2) is 4.53. The van der Waals surface area contributed by atoms with E-state index in [0.717, 1.165) is 6.42 Å². The third kappa shape index (κ3) is 2.51. The summed E-state index contributed by atoms with van der Waals surface area (Å²) in [6, 6.07) is 0. The van der Waals surface area contributed by atoms with E-state index < -0.39 is 22.5 Å². The highest BCUT2D eigenvalue weighted by Crippen LogP contribution is 2.33. The molecule has 0 aromatic carbocycles. The maximum absolute atomic E-state index is 12.2. The molecule has 1 aliphatic heterocycles. The zero-order valence-corrected chi connectivity index (χ0v) is 11.8. The summed E-state index contributed by atoms with van der Waals surface area (Å²) in [4.78, 5) is 23.5. The van der Waals surface area contributed by atoms with Gasteiger partial charge < -0.3 is 15.2 Å². The van der Waals surface area contributed by atoms with Gasteiger partial charge in [-0.25, -0.2) is 0 Å². The van der Waals surface area contributed by atoms with E-state index in [-0.39, 0.29) is 5.91 Å². The minimum atomic E-state index is -1.06. The first-order chi connectivity index (χ1) is 8.03. The minimum Gasteiger partial charge on any atom is -0.481 e. The molecule has 1 amide bonds. The largest absolute Gasteiger partial charge is 0.481 e. The monoisotopic (exact) mass is 257 g/mol. The number of nitrogens with one attached hydrogen (secondary N) is 1. The molecule has 1 heterocycles. The third-order valence-corrected chi connectivity index (χ3v) is 4.22. The average molecular weight is 257 g/mol. The van der Waals surface area contributed by atoms with Gasteiger partial charge in [0.1, 0.15) is 5.60 Å². The molecular weight excluding hydrogens is 234 g/mol. The molecule has 18 heavy (non-hydrogen) atoms. The van der Waals surface area contributed by atoms with E-state index in [0.29, 0.717) is 13.0 Å². The maximum Gasteiger partial charge on any atom is 0.311 e. The Morgan fingerprint density at radius 2 is 1.83 bits per heavy atom. The van der Waals surface area contributed by atoms with Gasteiger partial charge in [0.15, 0.2) is 0 Å². The van der Waals surface area contributed by atoms with Crippen LogP contribution in [0.2, 0.25) is 0 Å². The van der Waals surface area contributed by atoms with Crippen LogP contribution in [-0.2, 0) is 14.3 Å². The first-order valence-electron chi connectivity index (χ1n) is 6.23. The molecule has 104 valence electrons. The number of carboxylic acids is 1. The summed E-state index contributed by atoms with van der Waals surface area (Å²) < 4.78 is 5.46. The number of ether oxygens (including phenoxy) is 1. The smallest absolute Gasteiger partial charge is 0.311 e. The molecule has 1 fully saturated rings. The summed E-state index contributed by atoms with van der Waals surface area (Å²) >= 11 is 0. The SMILES string of the molecule is CC1(C(=O)NC(C)(C)C(C)(C)C(=O)O)CCCO1. The normalized spacial score (nSPS) is 24.9. The van der Waals surface area contributed by atoms with E-state index in [9.17, 15) is 14.7 Å². The van der Waals surface area contributed by atoms with Crippen LogP contribution in [0.25, 0.3) is 0 Å². The van der Waals surface area contributed by atoms with E-state index in [2.05, 4.69) is 5.32 Å². The molecule has 1 aliphatic rings. The van der Waals surface area contributed by atoms with Crippen molar-refractivity contribution in [3.63, 3.8) is 0 Å². The fourth-order valence-electron chi connectivity index (χ4n) is 1.80. The molecule has 0 aromatic rings. The van der Waals surface area contributed by atoms with E-state index in [1.807, 2.05) is 0 Å². The fraction of sp³-hybridized carbons (Fsp3) is 0.846. The zero-order chi connectivity index (χ0) is 14.2. The van der Waals surface area contributed by atoms with Crippen molar-refractivity contribution in [2.45, 2.75) is 58.6 Å². The van der Waals surface area contributed by atoms with E-state index in [1.54, 1.807) is 34.6 Å². The number of aliphatic carboxylic acids is 1. The Morgan fingerprint density at radius 3 is 2.22 bits per heavy atom. The van der Waals surface area contributed by atoms with Crippen LogP contribution in [-0.4, -0.2) is 34.7 Å². The number of amides is 1. The van der Waals surface area contributed by atoms with Crippen LogP contribution in [0.5, 0.6) is 0 Å². The number of hydrogen-bond acceptors (Lipinski definition) is 3. The highest BCUT2D eigenvalue weighted by atomic mass is 16.5. The summed E-state index contributed by atoms with van der Waals surface area (Å²) in [5, 5.41) is 12.1. The number of hydrogen-bond donors (Lipinski definition) is 2. The summed E-state index contributed by atoms with van der Waals surface area (Å²) in [6.07, 6.45) is 1.52. The molecule has 1 unspecified atom stereocenters. The van der Waals surface area contributed by atoms with Crippen molar-refractivity contribution in [1.82, 2.24) is 5.32 Å². The topological polar surface area (TPSA) is 75.6 Å². The lowest BCUT2D eigenvalue weighted by molar-refractivity contribution is -0.154. The van der Waals surface area contributed by atoms with Gasteiger partial charge in [-0.05, 0) is 47.5 Å². The highest BCUT2D eigenvalue weighted by molar-refractivity contribution is 5.87. The summed E-state index contributed by atoms with van der Waals surface area (Å²) in [7, 11) is 0. The molecule has 1 rings (SSSR count). The van der Waals surface area contributed by atoms with E-state index >= 15 is 0 Å². The molecular formula is C13H23NO4. The fourth-order valence-corrected chi connectivity index (χ4v) is 1.80. The molecule has 1 saturated heterocycles. The molecule has 0 radical (unpaired) electrons. The molecule has 0 aliphatic carbocycles. The van der Waals surface area contributed by atoms with Crippen molar-refractivity contribution in [2.75, 3.05) is 6.61 Å². The Kier molecular flexibility index (Phi) is 3.77. The number of carbonyl (C=O) groups is 2. The first-order valence-corrected chi connectivity index (χ1v) is 6.23. The van der Waals surface area contributed by atoms with Crippen molar-refractivity contribution in [3.05, 3.63) is 0 Å². The van der Waals surface area contributed by atoms with E-state index in [4.69, 9.17) is 4.74 Å². The Labute approximate surface area is 108 Å². The van der Waals surface area contributed by atoms with Gasteiger partial charge in [0.05, 0.1) is 11.0 Å². The average Bonchev–Trinajstić information content (AvgIpc) is 2.65. The standard InChI is InChI=1S/C13H23NO4/c1-11(2,10(16)17)12(3,4)14-9(15)13(5)7-6-8-18-13/h6-8H2,1-5H3,(H,14,15)(H,16,17). The van der Waals surface area contributed by atoms with Crippen LogP contribution in [0, 0.1) is 5.41 Å². The number of carbonyl (C=O) groups excluding carboxylic acids is 1. The zero-order valence-electron chi connectivity index (χ0n) is 11.8. The van der Waals surface area contributed by atoms with Gasteiger partial charge in [0.2, 0.25) is 0 Å². The Hall–Kier alpha value is -1.10. The van der Waals surface area contributed by atoms with Crippen molar-refractivity contribution < 1.29 is 19.4 Å². The predicted molar refractivity (Wildman–Crippen MR) is 67.2 cm³/mol. The van der Waals surface area contributed by atoms with Crippen LogP contribution >= 0.6 is 0 Å². The van der Waals surface area contributed by atoms with Crippen LogP contribution < -0.4 is 5.32 Å². The Morgan fingerprint density at radius 1 is 1.28 bits per heavy atom. The lowest BCUT2D eigenvalue weighted by atomic mass is 9.74. The van der Waals surface area contributed by atoms with Gasteiger partial charge in [0, 0.05) is 6.61 Å². The number of rotatable bonds is 4. The van der Waals surface area contributed by atoms with Gasteiger partial charge in [0.25, 0.3) is 5.91 Å². The molecule has 5 nitrogen and oxygen atoms in total. The molecule has 1 atom stereocenters. The third-order valence-electron chi connectivity index (χ3n) is 4.22. The summed E-state index contributed by atoms with van der Waals surface area (Å²) in [6.45, 7) is 8.97. The van der Waals surface area contributed by atoms with Crippen LogP contribution in [0.1, 0.15) is 47.5 Å². The maximum atomic E-state index is 12.2. The number of carboxylic acid groups (broad SMARTS) is 1. The van der Waals surface area contributed by atoms with Crippen LogP contribution in [0.15, 0.2) is 0 Å². The van der Waals surface area contributed by atoms with Crippen molar-refractivity contribution in [3.8, 4) is 0 Å². The molecule has 0 spiro atoms. The lowest BCUT2D eigenvalue weighted by Gasteiger charge is -2.40. The van der Waals surface area contributed by atoms with Crippen molar-refractivity contribution in [2.24, 2.45) is 5.41 Å². The Balaban J connectivity index is 2.83. The van der Waals surface area contributed by atoms with Gasteiger partial charge in [-0.1, -0.05) is 0 Å². The molecule has 2 N–H and O–H groups in total. The van der Waals surface area contributed by atoms with Crippen molar-refractivity contribution in [1.29, 1.82) is 0 Å². The van der Waals surface area contributed by atoms with Crippen molar-refractivity contribution >= 4 is 11.9 Å². The minimum absolute atomic E-state index is 0.237. The summed E-state index contributed by atoms with van der Waals surface area (Å²) in [5.74, 6) is -1.18. The Bertz CT molecular complexity index is 354. The van der Waals surface area contributed by atoms with Gasteiger partial charge in [-0.2, -0.15) is 0 Å². The second-order valence-electron chi connectivity index (χ2n) is 6.19. The molecule has 0 aromatic heterocycles. The van der Waals surface area contributed by atoms with Gasteiger partial charge in [-0.3, -0.25) is 9.59 Å². The second-order valence-corrected chi connectivity index (χ2v) is 6.19. The first kappa shape index (κ1) is 15.0. The quantitative estimate of drug-likeness (QED) is 0.801.